The van der Waals surface area contributed by atoms with Gasteiger partial charge in [0.2, 0.25) is 0 Å². The lowest BCUT2D eigenvalue weighted by Crippen LogP contribution is -2.33. The number of nitrogens with zero attached hydrogens (tertiary/aromatic N) is 1. The minimum atomic E-state index is -3.30. The molecule has 0 bridgehead atoms. The maximum atomic E-state index is 11.8. The van der Waals surface area contributed by atoms with Crippen LogP contribution in [0.15, 0.2) is 29.2 Å². The number of nitrogens with two attached hydrogens (primary N) is 1. The van der Waals surface area contributed by atoms with Gasteiger partial charge in [0.15, 0.2) is 9.84 Å². The quantitative estimate of drug-likeness (QED) is 0.493. The molecule has 1 amide bonds. The Morgan fingerprint density at radius 2 is 1.71 bits per heavy atom. The van der Waals surface area contributed by atoms with E-state index in [1.54, 1.807) is 13.8 Å². The van der Waals surface area contributed by atoms with Crippen molar-refractivity contribution in [3.05, 3.63) is 29.8 Å². The van der Waals surface area contributed by atoms with E-state index in [0.717, 1.165) is 5.01 Å². The van der Waals surface area contributed by atoms with Crippen LogP contribution in [0.5, 0.6) is 0 Å². The fourth-order valence-corrected chi connectivity index (χ4v) is 2.32. The van der Waals surface area contributed by atoms with Gasteiger partial charge in [0.05, 0.1) is 10.1 Å². The van der Waals surface area contributed by atoms with Crippen molar-refractivity contribution in [3.8, 4) is 0 Å². The maximum Gasteiger partial charge on any atom is 0.267 e. The number of benzene rings is 1. The molecule has 0 aliphatic carbocycles. The highest BCUT2D eigenvalue weighted by Gasteiger charge is 2.19. The Bertz CT molecular complexity index is 504. The first-order valence-electron chi connectivity index (χ1n) is 5.13. The molecular formula is C11H16N2O3S. The average Bonchev–Trinajstić information content (AvgIpc) is 2.27. The van der Waals surface area contributed by atoms with Crippen LogP contribution in [0.25, 0.3) is 0 Å². The van der Waals surface area contributed by atoms with Crippen LogP contribution >= 0.6 is 0 Å². The number of hydrazine groups is 1. The third kappa shape index (κ3) is 2.83. The predicted molar refractivity (Wildman–Crippen MR) is 65.0 cm³/mol. The lowest BCUT2D eigenvalue weighted by molar-refractivity contribution is 0.0795. The first-order chi connectivity index (χ1) is 7.76. The van der Waals surface area contributed by atoms with E-state index in [9.17, 15) is 13.2 Å². The van der Waals surface area contributed by atoms with Crippen molar-refractivity contribution in [3.63, 3.8) is 0 Å². The zero-order valence-electron chi connectivity index (χ0n) is 10.0. The van der Waals surface area contributed by atoms with Crippen LogP contribution in [0.3, 0.4) is 0 Å². The second kappa shape index (κ2) is 4.85. The Balaban J connectivity index is 3.09. The predicted octanol–water partition coefficient (Wildman–Crippen LogP) is 0.814. The zero-order valence-corrected chi connectivity index (χ0v) is 10.9. The molecule has 0 saturated carbocycles. The second-order valence-corrected chi connectivity index (χ2v) is 6.54. The normalized spacial score (nSPS) is 11.6. The maximum absolute atomic E-state index is 11.8. The molecule has 1 aromatic carbocycles. The molecule has 0 saturated heterocycles. The molecule has 5 nitrogen and oxygen atoms in total. The van der Waals surface area contributed by atoms with Gasteiger partial charge < -0.3 is 0 Å². The smallest absolute Gasteiger partial charge is 0.267 e. The van der Waals surface area contributed by atoms with Gasteiger partial charge in [-0.15, -0.1) is 0 Å². The summed E-state index contributed by atoms with van der Waals surface area (Å²) in [5.74, 6) is 4.94. The van der Waals surface area contributed by atoms with Crippen LogP contribution < -0.4 is 5.84 Å². The molecule has 1 rings (SSSR count). The summed E-state index contributed by atoms with van der Waals surface area (Å²) >= 11 is 0. The number of carbonyl (C=O) groups is 1. The van der Waals surface area contributed by atoms with E-state index in [0.29, 0.717) is 5.56 Å². The number of rotatable bonds is 3. The second-order valence-electron chi connectivity index (χ2n) is 4.03. The van der Waals surface area contributed by atoms with Crippen LogP contribution in [0.4, 0.5) is 0 Å². The molecule has 0 atom stereocenters. The fourth-order valence-electron chi connectivity index (χ4n) is 1.26. The molecule has 0 radical (unpaired) electrons. The minimum Gasteiger partial charge on any atom is -0.280 e. The fraction of sp³-hybridized carbons (Fsp3) is 0.364. The third-order valence-electron chi connectivity index (χ3n) is 2.37. The Kier molecular flexibility index (Phi) is 3.90. The summed E-state index contributed by atoms with van der Waals surface area (Å²) in [5, 5.41) is 0.465. The monoisotopic (exact) mass is 256 g/mol. The average molecular weight is 256 g/mol. The molecule has 0 unspecified atom stereocenters. The topological polar surface area (TPSA) is 80.5 Å². The van der Waals surface area contributed by atoms with Crippen LogP contribution in [-0.4, -0.2) is 31.6 Å². The van der Waals surface area contributed by atoms with E-state index >= 15 is 0 Å². The van der Waals surface area contributed by atoms with Crippen LogP contribution in [0, 0.1) is 0 Å². The molecule has 0 fully saturated rings. The van der Waals surface area contributed by atoms with Crippen molar-refractivity contribution in [2.24, 2.45) is 5.84 Å². The largest absolute Gasteiger partial charge is 0.280 e. The van der Waals surface area contributed by atoms with E-state index in [1.165, 1.54) is 31.3 Å². The highest BCUT2D eigenvalue weighted by molar-refractivity contribution is 7.92. The molecule has 0 spiro atoms. The standard InChI is InChI=1S/C11H16N2O3S/c1-8(2)17(15,16)10-6-4-9(5-7-10)11(14)13(3)12/h4-8H,12H2,1-3H3. The van der Waals surface area contributed by atoms with Gasteiger partial charge in [-0.25, -0.2) is 14.3 Å². The van der Waals surface area contributed by atoms with Gasteiger partial charge in [0.25, 0.3) is 5.91 Å². The number of hydrogen-bond acceptors (Lipinski definition) is 4. The Morgan fingerprint density at radius 1 is 1.24 bits per heavy atom. The van der Waals surface area contributed by atoms with Gasteiger partial charge in [0, 0.05) is 12.6 Å². The van der Waals surface area contributed by atoms with Crippen LogP contribution in [-0.2, 0) is 9.84 Å². The lowest BCUT2D eigenvalue weighted by atomic mass is 10.2. The number of amides is 1. The highest BCUT2D eigenvalue weighted by Crippen LogP contribution is 2.16. The first kappa shape index (κ1) is 13.7. The summed E-state index contributed by atoms with van der Waals surface area (Å²) in [4.78, 5) is 11.7. The van der Waals surface area contributed by atoms with Gasteiger partial charge in [-0.2, -0.15) is 0 Å². The highest BCUT2D eigenvalue weighted by atomic mass is 32.2. The van der Waals surface area contributed by atoms with E-state index in [4.69, 9.17) is 5.84 Å². The molecule has 94 valence electrons. The molecular weight excluding hydrogens is 240 g/mol. The van der Waals surface area contributed by atoms with Gasteiger partial charge in [-0.1, -0.05) is 0 Å². The number of hydrogen-bond donors (Lipinski definition) is 1. The summed E-state index contributed by atoms with van der Waals surface area (Å²) in [5.41, 5.74) is 0.359. The summed E-state index contributed by atoms with van der Waals surface area (Å²) in [6, 6.07) is 5.76. The minimum absolute atomic E-state index is 0.212. The van der Waals surface area contributed by atoms with Crippen LogP contribution in [0.2, 0.25) is 0 Å². The van der Waals surface area contributed by atoms with E-state index < -0.39 is 15.1 Å². The third-order valence-corrected chi connectivity index (χ3v) is 4.54. The van der Waals surface area contributed by atoms with Crippen molar-refractivity contribution >= 4 is 15.7 Å². The Labute approximate surface area is 101 Å². The number of sulfone groups is 1. The number of carbonyl (C=O) groups excluding carboxylic acids is 1. The van der Waals surface area contributed by atoms with Crippen molar-refractivity contribution in [2.45, 2.75) is 24.0 Å². The summed E-state index contributed by atoms with van der Waals surface area (Å²) in [6.45, 7) is 3.23. The van der Waals surface area contributed by atoms with Crippen molar-refractivity contribution < 1.29 is 13.2 Å². The molecule has 1 aromatic rings. The van der Waals surface area contributed by atoms with Gasteiger partial charge >= 0.3 is 0 Å². The van der Waals surface area contributed by atoms with Crippen molar-refractivity contribution in [2.75, 3.05) is 7.05 Å². The summed E-state index contributed by atoms with van der Waals surface area (Å²) in [6.07, 6.45) is 0. The van der Waals surface area contributed by atoms with E-state index in [-0.39, 0.29) is 10.8 Å². The van der Waals surface area contributed by atoms with Crippen molar-refractivity contribution in [1.29, 1.82) is 0 Å². The Morgan fingerprint density at radius 3 is 2.06 bits per heavy atom. The van der Waals surface area contributed by atoms with Gasteiger partial charge in [-0.05, 0) is 38.1 Å². The molecule has 0 aliphatic heterocycles. The first-order valence-corrected chi connectivity index (χ1v) is 6.68. The molecule has 0 aliphatic rings. The van der Waals surface area contributed by atoms with Gasteiger partial charge in [-0.3, -0.25) is 9.80 Å². The summed E-state index contributed by atoms with van der Waals surface area (Å²) < 4.78 is 23.7. The van der Waals surface area contributed by atoms with Crippen LogP contribution in [0.1, 0.15) is 24.2 Å². The molecule has 6 heteroatoms. The molecule has 0 heterocycles. The molecule has 0 aromatic heterocycles. The lowest BCUT2D eigenvalue weighted by Gasteiger charge is -2.11. The molecule has 2 N–H and O–H groups in total. The van der Waals surface area contributed by atoms with Gasteiger partial charge in [0.1, 0.15) is 0 Å². The Hall–Kier alpha value is -1.40. The molecule has 17 heavy (non-hydrogen) atoms. The van der Waals surface area contributed by atoms with E-state index in [1.807, 2.05) is 0 Å². The van der Waals surface area contributed by atoms with E-state index in [2.05, 4.69) is 0 Å². The van der Waals surface area contributed by atoms with Crippen molar-refractivity contribution in [1.82, 2.24) is 5.01 Å². The SMILES string of the molecule is CC(C)S(=O)(=O)c1ccc(C(=O)N(C)N)cc1. The summed E-state index contributed by atoms with van der Waals surface area (Å²) in [7, 11) is -1.86. The zero-order chi connectivity index (χ0) is 13.2.